The first-order valence-corrected chi connectivity index (χ1v) is 6.87. The third-order valence-corrected chi connectivity index (χ3v) is 2.94. The van der Waals surface area contributed by atoms with Crippen molar-refractivity contribution in [2.24, 2.45) is 5.92 Å². The Balaban J connectivity index is 2.02. The highest BCUT2D eigenvalue weighted by Crippen LogP contribution is 2.17. The number of fused-ring (bicyclic) bond motifs is 1. The summed E-state index contributed by atoms with van der Waals surface area (Å²) in [4.78, 5) is 30.4. The number of nitrogens with one attached hydrogen (secondary N) is 2. The van der Waals surface area contributed by atoms with Crippen LogP contribution in [0.4, 0.5) is 5.82 Å². The summed E-state index contributed by atoms with van der Waals surface area (Å²) in [6, 6.07) is 4.70. The van der Waals surface area contributed by atoms with Crippen LogP contribution in [0.1, 0.15) is 20.3 Å². The molecule has 0 aromatic carbocycles. The number of rotatable bonds is 4. The average molecular weight is 301 g/mol. The van der Waals surface area contributed by atoms with Crippen molar-refractivity contribution in [2.75, 3.05) is 5.32 Å². The normalized spacial score (nSPS) is 11.2. The molecule has 0 aliphatic rings. The van der Waals surface area contributed by atoms with E-state index in [0.29, 0.717) is 18.0 Å². The highest BCUT2D eigenvalue weighted by atomic mass is 16.3. The zero-order chi connectivity index (χ0) is 15.7. The topological polar surface area (TPSA) is 105 Å². The van der Waals surface area contributed by atoms with Crippen LogP contribution in [0.25, 0.3) is 17.4 Å². The molecule has 2 N–H and O–H groups in total. The summed E-state index contributed by atoms with van der Waals surface area (Å²) < 4.78 is 6.61. The molecule has 3 rings (SSSR count). The summed E-state index contributed by atoms with van der Waals surface area (Å²) in [5, 5.41) is 6.94. The minimum atomic E-state index is -0.370. The molecule has 3 heterocycles. The second kappa shape index (κ2) is 5.47. The van der Waals surface area contributed by atoms with Crippen molar-refractivity contribution in [3.8, 4) is 11.6 Å². The molecule has 3 aromatic rings. The summed E-state index contributed by atoms with van der Waals surface area (Å²) in [7, 11) is 0. The van der Waals surface area contributed by atoms with Crippen molar-refractivity contribution in [1.82, 2.24) is 19.6 Å². The Bertz CT molecular complexity index is 860. The first kappa shape index (κ1) is 14.1. The number of anilines is 1. The van der Waals surface area contributed by atoms with E-state index in [-0.39, 0.29) is 29.0 Å². The molecule has 22 heavy (non-hydrogen) atoms. The number of H-pyrrole nitrogens is 1. The minimum absolute atomic E-state index is 0.183. The third-order valence-electron chi connectivity index (χ3n) is 2.94. The fourth-order valence-corrected chi connectivity index (χ4v) is 2.06. The molecule has 0 spiro atoms. The smallest absolute Gasteiger partial charge is 0.254 e. The largest absolute Gasteiger partial charge is 0.461 e. The van der Waals surface area contributed by atoms with Gasteiger partial charge in [-0.05, 0) is 18.1 Å². The average Bonchev–Trinajstić information content (AvgIpc) is 3.04. The van der Waals surface area contributed by atoms with Crippen molar-refractivity contribution >= 4 is 17.5 Å². The predicted octanol–water partition coefficient (Wildman–Crippen LogP) is 1.66. The van der Waals surface area contributed by atoms with Crippen LogP contribution in [-0.2, 0) is 4.79 Å². The van der Waals surface area contributed by atoms with Crippen molar-refractivity contribution in [3.63, 3.8) is 0 Å². The van der Waals surface area contributed by atoms with Gasteiger partial charge in [-0.15, -0.1) is 5.10 Å². The van der Waals surface area contributed by atoms with Gasteiger partial charge in [-0.2, -0.15) is 9.50 Å². The number of nitrogens with zero attached hydrogens (tertiary/aromatic N) is 3. The van der Waals surface area contributed by atoms with Crippen LogP contribution in [0.5, 0.6) is 0 Å². The SMILES string of the molecule is CC(C)CC(=O)Nc1cc(=O)[nH]c2nc(-c3ccco3)nn12. The molecule has 0 saturated carbocycles. The first-order valence-electron chi connectivity index (χ1n) is 6.87. The molecule has 3 aromatic heterocycles. The molecule has 114 valence electrons. The quantitative estimate of drug-likeness (QED) is 0.762. The van der Waals surface area contributed by atoms with Gasteiger partial charge in [0.05, 0.1) is 6.26 Å². The lowest BCUT2D eigenvalue weighted by atomic mass is 10.1. The Hall–Kier alpha value is -2.90. The Kier molecular flexibility index (Phi) is 3.50. The molecule has 0 aliphatic carbocycles. The van der Waals surface area contributed by atoms with Crippen LogP contribution in [-0.4, -0.2) is 25.5 Å². The summed E-state index contributed by atoms with van der Waals surface area (Å²) in [6.45, 7) is 3.88. The standard InChI is InChI=1S/C14H15N5O3/c1-8(2)6-11(20)15-10-7-12(21)16-14-17-13(18-19(10)14)9-4-3-5-22-9/h3-5,7-8H,6H2,1-2H3,(H,15,20)(H,16,17,18,21). The van der Waals surface area contributed by atoms with Crippen molar-refractivity contribution in [3.05, 3.63) is 34.8 Å². The van der Waals surface area contributed by atoms with E-state index in [1.807, 2.05) is 13.8 Å². The van der Waals surface area contributed by atoms with Crippen molar-refractivity contribution < 1.29 is 9.21 Å². The van der Waals surface area contributed by atoms with Crippen LogP contribution < -0.4 is 10.9 Å². The molecular weight excluding hydrogens is 286 g/mol. The van der Waals surface area contributed by atoms with E-state index in [4.69, 9.17) is 4.42 Å². The lowest BCUT2D eigenvalue weighted by Gasteiger charge is -2.07. The Morgan fingerprint density at radius 1 is 1.50 bits per heavy atom. The molecule has 0 radical (unpaired) electrons. The lowest BCUT2D eigenvalue weighted by molar-refractivity contribution is -0.116. The molecule has 8 nitrogen and oxygen atoms in total. The van der Waals surface area contributed by atoms with E-state index in [1.165, 1.54) is 16.8 Å². The van der Waals surface area contributed by atoms with E-state index >= 15 is 0 Å². The number of furan rings is 1. The number of amides is 1. The van der Waals surface area contributed by atoms with Gasteiger partial charge in [-0.3, -0.25) is 14.6 Å². The van der Waals surface area contributed by atoms with E-state index < -0.39 is 0 Å². The van der Waals surface area contributed by atoms with Crippen LogP contribution in [0.15, 0.2) is 33.7 Å². The maximum Gasteiger partial charge on any atom is 0.254 e. The predicted molar refractivity (Wildman–Crippen MR) is 79.4 cm³/mol. The molecule has 0 bridgehead atoms. The fourth-order valence-electron chi connectivity index (χ4n) is 2.06. The Labute approximate surface area is 125 Å². The monoisotopic (exact) mass is 301 g/mol. The highest BCUT2D eigenvalue weighted by molar-refractivity contribution is 5.90. The molecule has 0 unspecified atom stereocenters. The van der Waals surface area contributed by atoms with Gasteiger partial charge in [0, 0.05) is 12.5 Å². The summed E-state index contributed by atoms with van der Waals surface area (Å²) >= 11 is 0. The highest BCUT2D eigenvalue weighted by Gasteiger charge is 2.14. The van der Waals surface area contributed by atoms with E-state index in [1.54, 1.807) is 12.1 Å². The fraction of sp³-hybridized carbons (Fsp3) is 0.286. The Morgan fingerprint density at radius 3 is 3.00 bits per heavy atom. The van der Waals surface area contributed by atoms with Crippen LogP contribution in [0.3, 0.4) is 0 Å². The Morgan fingerprint density at radius 2 is 2.32 bits per heavy atom. The van der Waals surface area contributed by atoms with Gasteiger partial charge in [0.1, 0.15) is 5.82 Å². The van der Waals surface area contributed by atoms with E-state index in [9.17, 15) is 9.59 Å². The number of hydrogen-bond donors (Lipinski definition) is 2. The number of hydrogen-bond acceptors (Lipinski definition) is 5. The summed E-state index contributed by atoms with van der Waals surface area (Å²) in [5.74, 6) is 1.34. The number of carbonyl (C=O) groups is 1. The first-order chi connectivity index (χ1) is 10.5. The molecule has 8 heteroatoms. The lowest BCUT2D eigenvalue weighted by Crippen LogP contribution is -2.19. The maximum absolute atomic E-state index is 11.9. The van der Waals surface area contributed by atoms with E-state index in [2.05, 4.69) is 20.4 Å². The second-order valence-electron chi connectivity index (χ2n) is 5.31. The maximum atomic E-state index is 11.9. The van der Waals surface area contributed by atoms with Gasteiger partial charge < -0.3 is 9.73 Å². The van der Waals surface area contributed by atoms with Crippen LogP contribution in [0, 0.1) is 5.92 Å². The van der Waals surface area contributed by atoms with Gasteiger partial charge >= 0.3 is 0 Å². The minimum Gasteiger partial charge on any atom is -0.461 e. The van der Waals surface area contributed by atoms with Gasteiger partial charge in [0.2, 0.25) is 17.5 Å². The van der Waals surface area contributed by atoms with Crippen molar-refractivity contribution in [2.45, 2.75) is 20.3 Å². The number of aromatic nitrogens is 4. The molecule has 0 fully saturated rings. The molecule has 0 atom stereocenters. The zero-order valence-corrected chi connectivity index (χ0v) is 12.2. The van der Waals surface area contributed by atoms with Gasteiger partial charge in [-0.25, -0.2) is 0 Å². The molecule has 1 amide bonds. The molecular formula is C14H15N5O3. The van der Waals surface area contributed by atoms with Gasteiger partial charge in [0.15, 0.2) is 5.76 Å². The van der Waals surface area contributed by atoms with Crippen LogP contribution in [0.2, 0.25) is 0 Å². The third kappa shape index (κ3) is 2.76. The summed E-state index contributed by atoms with van der Waals surface area (Å²) in [5.41, 5.74) is -0.370. The van der Waals surface area contributed by atoms with E-state index in [0.717, 1.165) is 0 Å². The van der Waals surface area contributed by atoms with Gasteiger partial charge in [0.25, 0.3) is 5.56 Å². The number of carbonyl (C=O) groups excluding carboxylic acids is 1. The van der Waals surface area contributed by atoms with Crippen LogP contribution >= 0.6 is 0 Å². The second-order valence-corrected chi connectivity index (χ2v) is 5.31. The van der Waals surface area contributed by atoms with Crippen molar-refractivity contribution in [1.29, 1.82) is 0 Å². The zero-order valence-electron chi connectivity index (χ0n) is 12.2. The molecule has 0 aliphatic heterocycles. The molecule has 0 saturated heterocycles. The summed E-state index contributed by atoms with van der Waals surface area (Å²) in [6.07, 6.45) is 1.86. The van der Waals surface area contributed by atoms with Gasteiger partial charge in [-0.1, -0.05) is 13.8 Å². The number of aromatic amines is 1.